The number of aromatic nitrogens is 1. The van der Waals surface area contributed by atoms with Gasteiger partial charge in [0, 0.05) is 35.6 Å². The lowest BCUT2D eigenvalue weighted by molar-refractivity contribution is -0.587. The molecule has 1 aliphatic rings. The molecular formula is C21H19ClF3NO3. The number of halogens is 4. The first-order chi connectivity index (χ1) is 13.3. The molecule has 2 atom stereocenters. The Morgan fingerprint density at radius 1 is 1.10 bits per heavy atom. The van der Waals surface area contributed by atoms with E-state index >= 15 is 0 Å². The number of nitrogens with zero attached hydrogens (tertiary/aromatic N) is 1. The van der Waals surface area contributed by atoms with Crippen LogP contribution in [0.15, 0.2) is 48.5 Å². The van der Waals surface area contributed by atoms with Crippen LogP contribution < -0.4 is 4.73 Å². The van der Waals surface area contributed by atoms with Crippen molar-refractivity contribution in [1.82, 2.24) is 0 Å². The molecule has 0 saturated heterocycles. The second-order valence-corrected chi connectivity index (χ2v) is 7.46. The quantitative estimate of drug-likeness (QED) is 0.439. The summed E-state index contributed by atoms with van der Waals surface area (Å²) in [6.45, 7) is 0. The van der Waals surface area contributed by atoms with Gasteiger partial charge in [-0.05, 0) is 48.2 Å². The van der Waals surface area contributed by atoms with E-state index in [2.05, 4.69) is 0 Å². The Morgan fingerprint density at radius 2 is 1.79 bits per heavy atom. The zero-order valence-corrected chi connectivity index (χ0v) is 16.2. The Hall–Kier alpha value is -2.35. The summed E-state index contributed by atoms with van der Waals surface area (Å²) in [6.07, 6.45) is -3.67. The third kappa shape index (κ3) is 3.90. The molecule has 0 saturated carbocycles. The molecule has 0 spiro atoms. The van der Waals surface area contributed by atoms with Gasteiger partial charge in [-0.2, -0.15) is 17.9 Å². The molecule has 4 nitrogen and oxygen atoms in total. The van der Waals surface area contributed by atoms with Gasteiger partial charge in [0.05, 0.1) is 11.7 Å². The van der Waals surface area contributed by atoms with E-state index in [9.17, 15) is 18.4 Å². The highest BCUT2D eigenvalue weighted by Crippen LogP contribution is 2.41. The average molecular weight is 426 g/mol. The van der Waals surface area contributed by atoms with Crippen molar-refractivity contribution in [3.05, 3.63) is 81.1 Å². The molecule has 2 N–H and O–H groups in total. The van der Waals surface area contributed by atoms with E-state index in [4.69, 9.17) is 16.3 Å². The predicted octanol–water partition coefficient (Wildman–Crippen LogP) is 4.74. The van der Waals surface area contributed by atoms with Crippen molar-refractivity contribution in [2.75, 3.05) is 7.11 Å². The highest BCUT2D eigenvalue weighted by Gasteiger charge is 2.35. The van der Waals surface area contributed by atoms with Gasteiger partial charge in [0.2, 0.25) is 5.52 Å². The van der Waals surface area contributed by atoms with Crippen LogP contribution in [0, 0.1) is 5.21 Å². The summed E-state index contributed by atoms with van der Waals surface area (Å²) in [5.41, 5.74) is 1.97. The van der Waals surface area contributed by atoms with E-state index in [1.54, 1.807) is 25.3 Å². The number of pyridine rings is 1. The van der Waals surface area contributed by atoms with Gasteiger partial charge in [0.1, 0.15) is 0 Å². The van der Waals surface area contributed by atoms with Crippen molar-refractivity contribution in [3.8, 4) is 0 Å². The molecule has 8 heteroatoms. The Balaban J connectivity index is 0.00000240. The molecule has 2 unspecified atom stereocenters. The van der Waals surface area contributed by atoms with Gasteiger partial charge < -0.3 is 15.4 Å². The second kappa shape index (κ2) is 7.82. The first kappa shape index (κ1) is 21.4. The average Bonchev–Trinajstić information content (AvgIpc) is 2.67. The number of fused-ring (bicyclic) bond motifs is 2. The summed E-state index contributed by atoms with van der Waals surface area (Å²) >= 11 is 6.05. The number of hydrogen-bond acceptors (Lipinski definition) is 2. The van der Waals surface area contributed by atoms with E-state index in [1.165, 1.54) is 12.1 Å². The number of hydrogen-bond donors (Lipinski definition) is 0. The second-order valence-electron chi connectivity index (χ2n) is 7.02. The first-order valence-corrected chi connectivity index (χ1v) is 9.20. The van der Waals surface area contributed by atoms with Gasteiger partial charge in [-0.3, -0.25) is 0 Å². The summed E-state index contributed by atoms with van der Waals surface area (Å²) in [5, 5.41) is 14.3. The largest absolute Gasteiger partial charge is 0.618 e. The molecular weight excluding hydrogens is 407 g/mol. The minimum absolute atomic E-state index is 0. The zero-order valence-electron chi connectivity index (χ0n) is 15.5. The lowest BCUT2D eigenvalue weighted by Gasteiger charge is -2.30. The molecule has 1 heterocycles. The van der Waals surface area contributed by atoms with Crippen LogP contribution in [0.2, 0.25) is 5.02 Å². The molecule has 154 valence electrons. The normalized spacial score (nSPS) is 18.9. The molecule has 0 amide bonds. The minimum Gasteiger partial charge on any atom is -0.618 e. The fourth-order valence-electron chi connectivity index (χ4n) is 3.94. The van der Waals surface area contributed by atoms with Crippen LogP contribution in [0.5, 0.6) is 0 Å². The summed E-state index contributed by atoms with van der Waals surface area (Å²) in [4.78, 5) is 0. The van der Waals surface area contributed by atoms with Crippen LogP contribution in [0.3, 0.4) is 0 Å². The zero-order chi connectivity index (χ0) is 20.1. The van der Waals surface area contributed by atoms with E-state index in [1.807, 2.05) is 6.07 Å². The Bertz CT molecular complexity index is 1040. The van der Waals surface area contributed by atoms with Crippen LogP contribution >= 0.6 is 11.6 Å². The number of alkyl halides is 3. The molecule has 1 aromatic heterocycles. The van der Waals surface area contributed by atoms with Crippen LogP contribution in [0.1, 0.15) is 40.8 Å². The number of methoxy groups -OCH3 is 1. The molecule has 0 aliphatic heterocycles. The fourth-order valence-corrected chi connectivity index (χ4v) is 4.12. The van der Waals surface area contributed by atoms with Gasteiger partial charge in [0.25, 0.3) is 0 Å². The van der Waals surface area contributed by atoms with Crippen molar-refractivity contribution >= 4 is 22.5 Å². The minimum atomic E-state index is -4.37. The standard InChI is InChI=1S/C21H17ClF3NO2.H2O/c1-28-20-11-13(12-2-4-15(5-3-12)21(23,24)25)10-19-17(20)9-14-8-16(22)6-7-18(14)26(19)27;/h2-9,13,20H,10-11H2,1H3;1H2. The molecule has 4 rings (SSSR count). The Labute approximate surface area is 170 Å². The van der Waals surface area contributed by atoms with Crippen molar-refractivity contribution in [2.24, 2.45) is 0 Å². The molecule has 1 aliphatic carbocycles. The van der Waals surface area contributed by atoms with E-state index in [-0.39, 0.29) is 17.5 Å². The summed E-state index contributed by atoms with van der Waals surface area (Å²) < 4.78 is 45.0. The van der Waals surface area contributed by atoms with Crippen LogP contribution in [-0.4, -0.2) is 12.6 Å². The van der Waals surface area contributed by atoms with Gasteiger partial charge in [-0.15, -0.1) is 0 Å². The van der Waals surface area contributed by atoms with Crippen molar-refractivity contribution in [3.63, 3.8) is 0 Å². The summed E-state index contributed by atoms with van der Waals surface area (Å²) in [6, 6.07) is 12.1. The molecule has 0 fully saturated rings. The van der Waals surface area contributed by atoms with Gasteiger partial charge in [0.15, 0.2) is 5.69 Å². The maximum atomic E-state index is 13.0. The maximum Gasteiger partial charge on any atom is 0.416 e. The van der Waals surface area contributed by atoms with E-state index in [0.29, 0.717) is 29.1 Å². The molecule has 0 bridgehead atoms. The van der Waals surface area contributed by atoms with E-state index in [0.717, 1.165) is 33.4 Å². The molecule has 0 radical (unpaired) electrons. The molecule has 29 heavy (non-hydrogen) atoms. The van der Waals surface area contributed by atoms with E-state index < -0.39 is 11.7 Å². The van der Waals surface area contributed by atoms with Crippen molar-refractivity contribution in [2.45, 2.75) is 31.0 Å². The van der Waals surface area contributed by atoms with Crippen LogP contribution in [0.4, 0.5) is 13.2 Å². The SMILES string of the molecule is COC1CC(c2ccc(C(F)(F)F)cc2)Cc2c1cc1cc(Cl)ccc1[n+]2[O-].O. The highest BCUT2D eigenvalue weighted by atomic mass is 35.5. The van der Waals surface area contributed by atoms with Crippen molar-refractivity contribution in [1.29, 1.82) is 0 Å². The predicted molar refractivity (Wildman–Crippen MR) is 104 cm³/mol. The van der Waals surface area contributed by atoms with Crippen LogP contribution in [0.25, 0.3) is 10.9 Å². The van der Waals surface area contributed by atoms with Gasteiger partial charge in [-0.25, -0.2) is 0 Å². The maximum absolute atomic E-state index is 13.0. The Kier molecular flexibility index (Phi) is 5.76. The third-order valence-electron chi connectivity index (χ3n) is 5.38. The third-order valence-corrected chi connectivity index (χ3v) is 5.61. The fraction of sp³-hybridized carbons (Fsp3) is 0.286. The molecule has 3 aromatic rings. The number of ether oxygens (including phenoxy) is 1. The first-order valence-electron chi connectivity index (χ1n) is 8.82. The highest BCUT2D eigenvalue weighted by molar-refractivity contribution is 6.31. The van der Waals surface area contributed by atoms with Crippen molar-refractivity contribution < 1.29 is 28.1 Å². The van der Waals surface area contributed by atoms with Gasteiger partial charge >= 0.3 is 6.18 Å². The van der Waals surface area contributed by atoms with Crippen LogP contribution in [-0.2, 0) is 17.3 Å². The monoisotopic (exact) mass is 425 g/mol. The lowest BCUT2D eigenvalue weighted by Crippen LogP contribution is -2.38. The summed E-state index contributed by atoms with van der Waals surface area (Å²) in [7, 11) is 1.57. The number of rotatable bonds is 2. The Morgan fingerprint density at radius 3 is 2.41 bits per heavy atom. The molecule has 2 aromatic carbocycles. The summed E-state index contributed by atoms with van der Waals surface area (Å²) in [5.74, 6) is -0.107. The topological polar surface area (TPSA) is 67.7 Å². The smallest absolute Gasteiger partial charge is 0.416 e. The lowest BCUT2D eigenvalue weighted by atomic mass is 9.80. The number of benzene rings is 2. The van der Waals surface area contributed by atoms with Gasteiger partial charge in [-0.1, -0.05) is 23.7 Å².